The van der Waals surface area contributed by atoms with E-state index in [1.807, 2.05) is 0 Å². The average Bonchev–Trinajstić information content (AvgIpc) is 3.40. The summed E-state index contributed by atoms with van der Waals surface area (Å²) in [5.74, 6) is -11.0. The number of aliphatic hydroxyl groups is 4. The van der Waals surface area contributed by atoms with E-state index in [0.717, 1.165) is 0 Å². The van der Waals surface area contributed by atoms with Crippen molar-refractivity contribution in [2.45, 2.75) is 24.7 Å². The van der Waals surface area contributed by atoms with E-state index in [9.17, 15) is 40.9 Å². The van der Waals surface area contributed by atoms with Crippen LogP contribution >= 0.6 is 11.6 Å². The van der Waals surface area contributed by atoms with E-state index in [1.165, 1.54) is 29.2 Å². The first-order valence-corrected chi connectivity index (χ1v) is 9.65. The molecule has 0 aliphatic carbocycles. The molecule has 1 aliphatic heterocycles. The number of hydrogen-bond donors (Lipinski definition) is 8. The van der Waals surface area contributed by atoms with Gasteiger partial charge in [-0.1, -0.05) is 23.7 Å². The standard InChI is InChI=1S/C19H20ClN3O8/c20-10-5-3-9(4-6-10)18(28,29)23-12-11(13(24)15(26)16(27)14(12)25)21-17(23)19(30,31)22-7-1-2-8-22/h3-6,24-31H,1-2,7-8H2. The third-order valence-electron chi connectivity index (χ3n) is 5.39. The van der Waals surface area contributed by atoms with Gasteiger partial charge in [0.1, 0.15) is 11.0 Å². The van der Waals surface area contributed by atoms with E-state index in [2.05, 4.69) is 4.98 Å². The molecule has 12 heteroatoms. The zero-order valence-electron chi connectivity index (χ0n) is 15.9. The summed E-state index contributed by atoms with van der Waals surface area (Å²) in [6.07, 6.45) is 1.28. The molecular weight excluding hydrogens is 434 g/mol. The van der Waals surface area contributed by atoms with Crippen molar-refractivity contribution in [1.82, 2.24) is 14.5 Å². The van der Waals surface area contributed by atoms with E-state index in [4.69, 9.17) is 11.6 Å². The number of halogens is 1. The summed E-state index contributed by atoms with van der Waals surface area (Å²) in [4.78, 5) is 5.10. The van der Waals surface area contributed by atoms with Crippen molar-refractivity contribution in [3.8, 4) is 23.0 Å². The molecule has 2 heterocycles. The summed E-state index contributed by atoms with van der Waals surface area (Å²) in [5.41, 5.74) is -1.47. The largest absolute Gasteiger partial charge is 0.503 e. The van der Waals surface area contributed by atoms with Gasteiger partial charge in [0.2, 0.25) is 11.5 Å². The van der Waals surface area contributed by atoms with Crippen molar-refractivity contribution < 1.29 is 40.9 Å². The Balaban J connectivity index is 2.09. The second-order valence-corrected chi connectivity index (χ2v) is 7.77. The lowest BCUT2D eigenvalue weighted by molar-refractivity contribution is -0.285. The molecule has 1 saturated heterocycles. The van der Waals surface area contributed by atoms with Gasteiger partial charge in [0.15, 0.2) is 17.3 Å². The Hall–Kier alpha value is -2.80. The van der Waals surface area contributed by atoms with Crippen LogP contribution in [0.3, 0.4) is 0 Å². The van der Waals surface area contributed by atoms with Crippen molar-refractivity contribution >= 4 is 22.6 Å². The van der Waals surface area contributed by atoms with E-state index >= 15 is 0 Å². The Kier molecular flexibility index (Phi) is 4.92. The second-order valence-electron chi connectivity index (χ2n) is 7.33. The molecule has 31 heavy (non-hydrogen) atoms. The fraction of sp³-hybridized carbons (Fsp3) is 0.316. The molecule has 1 fully saturated rings. The monoisotopic (exact) mass is 453 g/mol. The molecule has 1 aromatic heterocycles. The van der Waals surface area contributed by atoms with Crippen LogP contribution in [0.2, 0.25) is 5.02 Å². The van der Waals surface area contributed by atoms with Gasteiger partial charge in [-0.15, -0.1) is 0 Å². The molecule has 0 radical (unpaired) electrons. The summed E-state index contributed by atoms with van der Waals surface area (Å²) in [5, 5.41) is 84.8. The highest BCUT2D eigenvalue weighted by atomic mass is 35.5. The molecule has 4 rings (SSSR count). The normalized spacial score (nSPS) is 15.8. The maximum absolute atomic E-state index is 11.1. The number of benzene rings is 2. The molecule has 8 N–H and O–H groups in total. The number of aromatic hydroxyl groups is 4. The first-order valence-electron chi connectivity index (χ1n) is 9.27. The molecule has 3 aromatic rings. The van der Waals surface area contributed by atoms with Crippen LogP contribution < -0.4 is 0 Å². The second kappa shape index (κ2) is 7.12. The molecule has 0 amide bonds. The first kappa shape index (κ1) is 21.4. The predicted molar refractivity (Wildman–Crippen MR) is 106 cm³/mol. The first-order chi connectivity index (χ1) is 14.5. The molecule has 0 unspecified atom stereocenters. The molecule has 2 aromatic carbocycles. The Morgan fingerprint density at radius 1 is 0.774 bits per heavy atom. The highest BCUT2D eigenvalue weighted by Gasteiger charge is 2.47. The summed E-state index contributed by atoms with van der Waals surface area (Å²) in [6, 6.07) is 5.18. The molecule has 1 aliphatic rings. The third-order valence-corrected chi connectivity index (χ3v) is 5.64. The Morgan fingerprint density at radius 2 is 1.32 bits per heavy atom. The predicted octanol–water partition coefficient (Wildman–Crippen LogP) is 0.346. The lowest BCUT2D eigenvalue weighted by Gasteiger charge is -2.34. The molecule has 11 nitrogen and oxygen atoms in total. The van der Waals surface area contributed by atoms with Crippen LogP contribution in [0.15, 0.2) is 24.3 Å². The van der Waals surface area contributed by atoms with E-state index in [-0.39, 0.29) is 23.7 Å². The third kappa shape index (κ3) is 3.14. The van der Waals surface area contributed by atoms with E-state index in [0.29, 0.717) is 17.4 Å². The van der Waals surface area contributed by atoms with Crippen LogP contribution in [-0.4, -0.2) is 68.4 Å². The van der Waals surface area contributed by atoms with Crippen molar-refractivity contribution in [3.05, 3.63) is 40.7 Å². The van der Waals surface area contributed by atoms with Crippen LogP contribution in [-0.2, 0) is 11.8 Å². The molecular formula is C19H20ClN3O8. The van der Waals surface area contributed by atoms with Crippen LogP contribution in [0.1, 0.15) is 24.2 Å². The number of fused-ring (bicyclic) bond motifs is 1. The van der Waals surface area contributed by atoms with Gasteiger partial charge in [0.05, 0.1) is 0 Å². The van der Waals surface area contributed by atoms with Gasteiger partial charge in [-0.3, -0.25) is 4.57 Å². The Morgan fingerprint density at radius 3 is 1.90 bits per heavy atom. The fourth-order valence-electron chi connectivity index (χ4n) is 3.75. The number of likely N-dealkylation sites (tertiary alicyclic amines) is 1. The molecule has 0 atom stereocenters. The van der Waals surface area contributed by atoms with Gasteiger partial charge in [0, 0.05) is 23.7 Å². The van der Waals surface area contributed by atoms with Crippen LogP contribution in [0.25, 0.3) is 11.0 Å². The number of aromatic nitrogens is 2. The van der Waals surface area contributed by atoms with Gasteiger partial charge >= 0.3 is 0 Å². The topological polar surface area (TPSA) is 183 Å². The van der Waals surface area contributed by atoms with E-state index in [1.54, 1.807) is 0 Å². The maximum Gasteiger partial charge on any atom is 0.287 e. The number of hydrogen-bond acceptors (Lipinski definition) is 10. The average molecular weight is 454 g/mol. The minimum Gasteiger partial charge on any atom is -0.503 e. The Labute approximate surface area is 179 Å². The van der Waals surface area contributed by atoms with Gasteiger partial charge < -0.3 is 40.9 Å². The number of rotatable bonds is 4. The number of phenols is 4. The highest BCUT2D eigenvalue weighted by molar-refractivity contribution is 6.30. The smallest absolute Gasteiger partial charge is 0.287 e. The van der Waals surface area contributed by atoms with Crippen molar-refractivity contribution in [2.24, 2.45) is 0 Å². The highest BCUT2D eigenvalue weighted by Crippen LogP contribution is 2.50. The quantitative estimate of drug-likeness (QED) is 0.156. The van der Waals surface area contributed by atoms with Gasteiger partial charge in [-0.2, -0.15) is 0 Å². The number of imidazole rings is 1. The minimum atomic E-state index is -3.06. The van der Waals surface area contributed by atoms with Gasteiger partial charge in [-0.25, -0.2) is 9.88 Å². The zero-order chi connectivity index (χ0) is 22.7. The van der Waals surface area contributed by atoms with Crippen molar-refractivity contribution in [3.63, 3.8) is 0 Å². The number of nitrogens with zero attached hydrogens (tertiary/aromatic N) is 3. The summed E-state index contributed by atoms with van der Waals surface area (Å²) < 4.78 is 0.456. The summed E-state index contributed by atoms with van der Waals surface area (Å²) >= 11 is 5.85. The summed E-state index contributed by atoms with van der Waals surface area (Å²) in [7, 11) is 0. The van der Waals surface area contributed by atoms with Gasteiger partial charge in [0.25, 0.3) is 11.8 Å². The van der Waals surface area contributed by atoms with E-state index < -0.39 is 51.7 Å². The molecule has 166 valence electrons. The van der Waals surface area contributed by atoms with Crippen LogP contribution in [0.5, 0.6) is 23.0 Å². The van der Waals surface area contributed by atoms with Gasteiger partial charge in [-0.05, 0) is 25.0 Å². The Bertz CT molecular complexity index is 1150. The van der Waals surface area contributed by atoms with Crippen molar-refractivity contribution in [1.29, 1.82) is 0 Å². The fourth-order valence-corrected chi connectivity index (χ4v) is 3.88. The zero-order valence-corrected chi connectivity index (χ0v) is 16.7. The molecule has 0 bridgehead atoms. The lowest BCUT2D eigenvalue weighted by Crippen LogP contribution is -2.49. The van der Waals surface area contributed by atoms with Crippen LogP contribution in [0, 0.1) is 0 Å². The van der Waals surface area contributed by atoms with Crippen molar-refractivity contribution in [2.75, 3.05) is 13.1 Å². The minimum absolute atomic E-state index is 0.207. The molecule has 0 saturated carbocycles. The lowest BCUT2D eigenvalue weighted by atomic mass is 10.1. The SMILES string of the molecule is Oc1c(O)c(O)c2c(nc(C(O)(O)N3CCCC3)n2C(O)(O)c2ccc(Cl)cc2)c1O. The van der Waals surface area contributed by atoms with Crippen LogP contribution in [0.4, 0.5) is 0 Å². The summed E-state index contributed by atoms with van der Waals surface area (Å²) in [6.45, 7) is 0.491. The number of phenolic OH excluding ortho intramolecular Hbond substituents is 4. The molecule has 0 spiro atoms. The maximum atomic E-state index is 11.1.